The average Bonchev–Trinajstić information content (AvgIpc) is 3.59. The number of likely N-dealkylation sites (tertiary alicyclic amines) is 1. The second kappa shape index (κ2) is 10.8. The molecule has 0 spiro atoms. The summed E-state index contributed by atoms with van der Waals surface area (Å²) in [7, 11) is 0. The number of nitrogens with zero attached hydrogens (tertiary/aromatic N) is 5. The number of aromatic nitrogens is 3. The van der Waals surface area contributed by atoms with Crippen LogP contribution in [-0.2, 0) is 10.9 Å². The van der Waals surface area contributed by atoms with Gasteiger partial charge in [0.15, 0.2) is 5.82 Å². The van der Waals surface area contributed by atoms with Crippen molar-refractivity contribution in [3.63, 3.8) is 0 Å². The Morgan fingerprint density at radius 3 is 2.73 bits per heavy atom. The van der Waals surface area contributed by atoms with Crippen molar-refractivity contribution in [1.82, 2.24) is 25.2 Å². The number of alkyl halides is 3. The molecule has 0 aliphatic carbocycles. The number of benzene rings is 1. The molecule has 4 aliphatic rings. The number of piperazine rings is 1. The fraction of sp³-hybridized carbons (Fsp3) is 0.552. The van der Waals surface area contributed by atoms with Gasteiger partial charge in [0.25, 0.3) is 0 Å². The average molecular weight is 622 g/mol. The van der Waals surface area contributed by atoms with E-state index in [0.717, 1.165) is 39.1 Å². The highest BCUT2D eigenvalue weighted by Crippen LogP contribution is 2.46. The fourth-order valence-electron chi connectivity index (χ4n) is 6.86. The van der Waals surface area contributed by atoms with Gasteiger partial charge in [0.2, 0.25) is 5.88 Å². The highest BCUT2D eigenvalue weighted by molar-refractivity contribution is 5.97. The molecule has 2 aromatic heterocycles. The Bertz CT molecular complexity index is 1620. The minimum absolute atomic E-state index is 0.113. The quantitative estimate of drug-likeness (QED) is 0.240. The molecule has 15 heteroatoms. The maximum Gasteiger partial charge on any atom is 0.417 e. The van der Waals surface area contributed by atoms with Gasteiger partial charge in [-0.25, -0.2) is 13.8 Å². The van der Waals surface area contributed by atoms with Crippen molar-refractivity contribution in [3.8, 4) is 23.1 Å². The van der Waals surface area contributed by atoms with Crippen LogP contribution in [0, 0.1) is 18.6 Å². The number of anilines is 2. The predicted octanol–water partition coefficient (Wildman–Crippen LogP) is 3.68. The predicted molar refractivity (Wildman–Crippen MR) is 151 cm³/mol. The van der Waals surface area contributed by atoms with Crippen LogP contribution in [-0.4, -0.2) is 90.1 Å². The number of fused-ring (bicyclic) bond motifs is 4. The van der Waals surface area contributed by atoms with E-state index in [9.17, 15) is 17.6 Å². The molecule has 2 bridgehead atoms. The number of hydrogen-bond donors (Lipinski definition) is 2. The van der Waals surface area contributed by atoms with Gasteiger partial charge in [-0.1, -0.05) is 0 Å². The van der Waals surface area contributed by atoms with Crippen LogP contribution < -0.4 is 25.4 Å². The first-order valence-electron chi connectivity index (χ1n) is 14.7. The zero-order valence-electron chi connectivity index (χ0n) is 24.2. The van der Waals surface area contributed by atoms with Gasteiger partial charge in [-0.15, -0.1) is 0 Å². The molecule has 7 rings (SSSR count). The minimum Gasteiger partial charge on any atom is -0.472 e. The van der Waals surface area contributed by atoms with E-state index in [1.54, 1.807) is 6.92 Å². The number of nitrogens with one attached hydrogen (secondary N) is 1. The molecule has 10 nitrogen and oxygen atoms in total. The van der Waals surface area contributed by atoms with Crippen LogP contribution in [0.4, 0.5) is 33.5 Å². The molecule has 3 N–H and O–H groups in total. The second-order valence-corrected chi connectivity index (χ2v) is 11.8. The Balaban J connectivity index is 1.33. The van der Waals surface area contributed by atoms with Crippen LogP contribution >= 0.6 is 0 Å². The summed E-state index contributed by atoms with van der Waals surface area (Å²) in [6.45, 7) is 7.04. The van der Waals surface area contributed by atoms with Crippen LogP contribution in [0.5, 0.6) is 11.9 Å². The first-order valence-corrected chi connectivity index (χ1v) is 14.7. The molecule has 1 aromatic carbocycles. The standard InChI is InChI=1S/C29H32F5N7O3/c1-13-21(29(32,33)34)17(9-18(35)22(13)30)24-23(31)25-20-26(41-6-4-36-10-19(41)14(2)44-27(20)37-24)39-28(38-25)42-7-3-5-40-11-16-8-15(40)12-43-16/h9,14-16,19,36H,3-8,10-12,35H2,1-2H3/t14-,15-,16-,19-/m0/s1. The third kappa shape index (κ3) is 4.85. The van der Waals surface area contributed by atoms with Crippen LogP contribution in [0.15, 0.2) is 6.07 Å². The molecule has 236 valence electrons. The van der Waals surface area contributed by atoms with Gasteiger partial charge in [-0.05, 0) is 38.3 Å². The molecule has 0 saturated carbocycles. The van der Waals surface area contributed by atoms with Crippen molar-refractivity contribution in [2.75, 3.05) is 56.6 Å². The van der Waals surface area contributed by atoms with Crippen molar-refractivity contribution < 1.29 is 36.2 Å². The zero-order chi connectivity index (χ0) is 30.9. The lowest BCUT2D eigenvalue weighted by atomic mass is 9.96. The Morgan fingerprint density at radius 2 is 2.00 bits per heavy atom. The van der Waals surface area contributed by atoms with Crippen LogP contribution in [0.25, 0.3) is 22.2 Å². The normalized spacial score (nSPS) is 24.8. The van der Waals surface area contributed by atoms with Gasteiger partial charge in [0.1, 0.15) is 34.3 Å². The lowest BCUT2D eigenvalue weighted by Gasteiger charge is -2.38. The highest BCUT2D eigenvalue weighted by atomic mass is 19.4. The van der Waals surface area contributed by atoms with Gasteiger partial charge in [-0.2, -0.15) is 23.1 Å². The largest absolute Gasteiger partial charge is 0.472 e. The van der Waals surface area contributed by atoms with Gasteiger partial charge < -0.3 is 30.2 Å². The van der Waals surface area contributed by atoms with Crippen molar-refractivity contribution in [2.45, 2.75) is 57.2 Å². The molecular formula is C29H32F5N7O3. The molecule has 0 amide bonds. The van der Waals surface area contributed by atoms with Crippen LogP contribution in [0.1, 0.15) is 30.9 Å². The number of nitrogens with two attached hydrogens (primary N) is 1. The second-order valence-electron chi connectivity index (χ2n) is 11.8. The summed E-state index contributed by atoms with van der Waals surface area (Å²) in [6.07, 6.45) is -3.57. The van der Waals surface area contributed by atoms with Crippen molar-refractivity contribution in [2.24, 2.45) is 0 Å². The Morgan fingerprint density at radius 1 is 1.18 bits per heavy atom. The minimum atomic E-state index is -5.03. The number of halogens is 5. The highest BCUT2D eigenvalue weighted by Gasteiger charge is 2.41. The third-order valence-corrected chi connectivity index (χ3v) is 9.01. The Labute approximate surface area is 249 Å². The lowest BCUT2D eigenvalue weighted by Crippen LogP contribution is -2.56. The first kappa shape index (κ1) is 29.2. The van der Waals surface area contributed by atoms with Crippen molar-refractivity contribution in [1.29, 1.82) is 0 Å². The molecule has 4 aliphatic heterocycles. The van der Waals surface area contributed by atoms with E-state index in [-0.39, 0.29) is 41.5 Å². The van der Waals surface area contributed by atoms with Crippen molar-refractivity contribution >= 4 is 22.4 Å². The van der Waals surface area contributed by atoms with Crippen LogP contribution in [0.2, 0.25) is 0 Å². The van der Waals surface area contributed by atoms with E-state index in [1.807, 2.05) is 4.90 Å². The molecular weight excluding hydrogens is 589 g/mol. The van der Waals surface area contributed by atoms with E-state index in [2.05, 4.69) is 25.2 Å². The topological polar surface area (TPSA) is 111 Å². The molecule has 3 saturated heterocycles. The van der Waals surface area contributed by atoms with E-state index in [0.29, 0.717) is 37.9 Å². The Kier molecular flexibility index (Phi) is 7.16. The SMILES string of the molecule is Cc1c(F)c(N)cc(-c2nc3c4c(nc(OCCCN5C[C@@H]6C[C@H]5CO6)nc4c2F)N2CCNC[C@H]2[C@H](C)O3)c1C(F)(F)F. The van der Waals surface area contributed by atoms with Gasteiger partial charge >= 0.3 is 12.2 Å². The van der Waals surface area contributed by atoms with Gasteiger partial charge in [0.05, 0.1) is 36.6 Å². The monoisotopic (exact) mass is 621 g/mol. The molecule has 44 heavy (non-hydrogen) atoms. The van der Waals surface area contributed by atoms with E-state index in [1.165, 1.54) is 0 Å². The number of nitrogen functional groups attached to an aromatic ring is 1. The zero-order valence-corrected chi connectivity index (χ0v) is 24.2. The van der Waals surface area contributed by atoms with E-state index < -0.39 is 52.0 Å². The van der Waals surface area contributed by atoms with Crippen LogP contribution in [0.3, 0.4) is 0 Å². The molecule has 3 fully saturated rings. The lowest BCUT2D eigenvalue weighted by molar-refractivity contribution is -0.137. The molecule has 4 atom stereocenters. The number of rotatable bonds is 6. The molecule has 0 radical (unpaired) electrons. The van der Waals surface area contributed by atoms with E-state index in [4.69, 9.17) is 19.9 Å². The smallest absolute Gasteiger partial charge is 0.417 e. The summed E-state index contributed by atoms with van der Waals surface area (Å²) in [4.78, 5) is 17.6. The third-order valence-electron chi connectivity index (χ3n) is 9.01. The Hall–Kier alpha value is -3.56. The number of morpholine rings is 1. The summed E-state index contributed by atoms with van der Waals surface area (Å²) < 4.78 is 91.7. The molecule has 0 unspecified atom stereocenters. The summed E-state index contributed by atoms with van der Waals surface area (Å²) in [5.41, 5.74) is 1.30. The molecule has 3 aromatic rings. The number of ether oxygens (including phenoxy) is 3. The fourth-order valence-corrected chi connectivity index (χ4v) is 6.86. The maximum absolute atomic E-state index is 16.5. The summed E-state index contributed by atoms with van der Waals surface area (Å²) in [5, 5.41) is 3.44. The molecule has 6 heterocycles. The van der Waals surface area contributed by atoms with E-state index >= 15 is 4.39 Å². The number of hydrogen-bond acceptors (Lipinski definition) is 10. The first-order chi connectivity index (χ1) is 21.0. The maximum atomic E-state index is 16.5. The van der Waals surface area contributed by atoms with Crippen molar-refractivity contribution in [3.05, 3.63) is 28.8 Å². The summed E-state index contributed by atoms with van der Waals surface area (Å²) in [6, 6.07) is 0.801. The number of pyridine rings is 1. The van der Waals surface area contributed by atoms with Gasteiger partial charge in [0, 0.05) is 44.3 Å². The van der Waals surface area contributed by atoms with Gasteiger partial charge in [-0.3, -0.25) is 4.90 Å². The summed E-state index contributed by atoms with van der Waals surface area (Å²) in [5.74, 6) is -2.18. The summed E-state index contributed by atoms with van der Waals surface area (Å²) >= 11 is 0.